The van der Waals surface area contributed by atoms with Crippen LogP contribution in [0.3, 0.4) is 0 Å². The van der Waals surface area contributed by atoms with Crippen LogP contribution in [0.1, 0.15) is 50.5 Å². The van der Waals surface area contributed by atoms with Gasteiger partial charge in [0.25, 0.3) is 0 Å². The molecule has 0 aromatic heterocycles. The predicted molar refractivity (Wildman–Crippen MR) is 102 cm³/mol. The van der Waals surface area contributed by atoms with Crippen molar-refractivity contribution in [2.45, 2.75) is 62.7 Å². The number of hydrogen-bond donors (Lipinski definition) is 0. The van der Waals surface area contributed by atoms with Crippen LogP contribution in [-0.2, 0) is 19.7 Å². The first-order chi connectivity index (χ1) is 12.6. The molecule has 1 saturated carbocycles. The minimum absolute atomic E-state index is 0.209. The summed E-state index contributed by atoms with van der Waals surface area (Å²) in [6.07, 6.45) is 6.51. The SMILES string of the molecule is O=C1CC[C@](CC2OCCO2)(c2ccc(Cl)c(Cl)c2)CN1C1CCCC1. The van der Waals surface area contributed by atoms with Crippen molar-refractivity contribution in [3.05, 3.63) is 33.8 Å². The fourth-order valence-electron chi connectivity index (χ4n) is 4.72. The van der Waals surface area contributed by atoms with Crippen LogP contribution in [0.2, 0.25) is 10.0 Å². The van der Waals surface area contributed by atoms with Crippen molar-refractivity contribution in [1.82, 2.24) is 4.90 Å². The summed E-state index contributed by atoms with van der Waals surface area (Å²) in [6, 6.07) is 6.23. The van der Waals surface area contributed by atoms with Crippen LogP contribution in [0, 0.1) is 0 Å². The Labute approximate surface area is 164 Å². The molecule has 0 bridgehead atoms. The molecule has 2 aliphatic heterocycles. The highest BCUT2D eigenvalue weighted by molar-refractivity contribution is 6.42. The first kappa shape index (κ1) is 18.5. The fraction of sp³-hybridized carbons (Fsp3) is 0.650. The molecule has 1 aromatic rings. The lowest BCUT2D eigenvalue weighted by Gasteiger charge is -2.46. The van der Waals surface area contributed by atoms with Gasteiger partial charge in [-0.3, -0.25) is 4.79 Å². The summed E-state index contributed by atoms with van der Waals surface area (Å²) in [6.45, 7) is 1.97. The van der Waals surface area contributed by atoms with Gasteiger partial charge in [-0.25, -0.2) is 0 Å². The van der Waals surface area contributed by atoms with Crippen molar-refractivity contribution in [3.8, 4) is 0 Å². The second-order valence-electron chi connectivity index (χ2n) is 7.74. The number of carbonyl (C=O) groups is 1. The first-order valence-corrected chi connectivity index (χ1v) is 10.3. The largest absolute Gasteiger partial charge is 0.350 e. The minimum atomic E-state index is -0.219. The van der Waals surface area contributed by atoms with Crippen molar-refractivity contribution in [3.63, 3.8) is 0 Å². The third kappa shape index (κ3) is 3.62. The Bertz CT molecular complexity index is 671. The van der Waals surface area contributed by atoms with Gasteiger partial charge in [-0.15, -0.1) is 0 Å². The molecule has 4 rings (SSSR count). The van der Waals surface area contributed by atoms with Gasteiger partial charge in [0.05, 0.1) is 23.3 Å². The molecule has 2 saturated heterocycles. The molecular weight excluding hydrogens is 373 g/mol. The van der Waals surface area contributed by atoms with Crippen molar-refractivity contribution in [2.24, 2.45) is 0 Å². The lowest BCUT2D eigenvalue weighted by molar-refractivity contribution is -0.140. The molecular formula is C20H25Cl2NO3. The van der Waals surface area contributed by atoms with Gasteiger partial charge in [0.1, 0.15) is 0 Å². The standard InChI is InChI=1S/C20H25Cl2NO3/c21-16-6-5-14(11-17(16)22)20(12-19-25-9-10-26-19)8-7-18(24)23(13-20)15-3-1-2-4-15/h5-6,11,15,19H,1-4,7-10,12-13H2/t20-/m1/s1. The van der Waals surface area contributed by atoms with Gasteiger partial charge in [-0.05, 0) is 37.0 Å². The molecule has 142 valence electrons. The van der Waals surface area contributed by atoms with E-state index in [1.807, 2.05) is 18.2 Å². The summed E-state index contributed by atoms with van der Waals surface area (Å²) >= 11 is 12.5. The highest BCUT2D eigenvalue weighted by Crippen LogP contribution is 2.43. The van der Waals surface area contributed by atoms with Crippen LogP contribution in [0.5, 0.6) is 0 Å². The van der Waals surface area contributed by atoms with Gasteiger partial charge in [0, 0.05) is 30.8 Å². The number of amides is 1. The molecule has 0 spiro atoms. The molecule has 1 aliphatic carbocycles. The number of rotatable bonds is 4. The number of halogens is 2. The Hall–Kier alpha value is -0.810. The summed E-state index contributed by atoms with van der Waals surface area (Å²) in [4.78, 5) is 14.8. The van der Waals surface area contributed by atoms with E-state index in [-0.39, 0.29) is 17.6 Å². The molecule has 0 N–H and O–H groups in total. The average molecular weight is 398 g/mol. The van der Waals surface area contributed by atoms with Gasteiger partial charge in [-0.1, -0.05) is 42.1 Å². The molecule has 2 heterocycles. The zero-order valence-corrected chi connectivity index (χ0v) is 16.4. The zero-order valence-electron chi connectivity index (χ0n) is 14.9. The normalized spacial score (nSPS) is 28.2. The Kier molecular flexibility index (Phi) is 5.47. The van der Waals surface area contributed by atoms with Gasteiger partial charge in [0.15, 0.2) is 6.29 Å². The summed E-state index contributed by atoms with van der Waals surface area (Å²) in [5, 5.41) is 1.11. The van der Waals surface area contributed by atoms with E-state index < -0.39 is 0 Å². The molecule has 1 aromatic carbocycles. The van der Waals surface area contributed by atoms with Gasteiger partial charge < -0.3 is 14.4 Å². The lowest BCUT2D eigenvalue weighted by Crippen LogP contribution is -2.53. The Morgan fingerprint density at radius 2 is 1.85 bits per heavy atom. The number of nitrogens with zero attached hydrogens (tertiary/aromatic N) is 1. The predicted octanol–water partition coefficient (Wildman–Crippen LogP) is 4.56. The molecule has 0 unspecified atom stereocenters. The van der Waals surface area contributed by atoms with Crippen LogP contribution >= 0.6 is 23.2 Å². The molecule has 1 atom stereocenters. The van der Waals surface area contributed by atoms with Crippen LogP contribution in [0.15, 0.2) is 18.2 Å². The van der Waals surface area contributed by atoms with E-state index in [0.29, 0.717) is 42.3 Å². The summed E-state index contributed by atoms with van der Waals surface area (Å²) in [5.41, 5.74) is 0.918. The Balaban J connectivity index is 1.67. The van der Waals surface area contributed by atoms with Crippen LogP contribution in [-0.4, -0.2) is 42.9 Å². The van der Waals surface area contributed by atoms with Crippen molar-refractivity contribution < 1.29 is 14.3 Å². The maximum absolute atomic E-state index is 12.7. The number of ether oxygens (including phenoxy) is 2. The number of carbonyl (C=O) groups excluding carboxylic acids is 1. The molecule has 1 amide bonds. The molecule has 0 radical (unpaired) electrons. The van der Waals surface area contributed by atoms with Crippen LogP contribution < -0.4 is 0 Å². The van der Waals surface area contributed by atoms with Gasteiger partial charge in [0.2, 0.25) is 5.91 Å². The van der Waals surface area contributed by atoms with E-state index in [0.717, 1.165) is 31.2 Å². The highest BCUT2D eigenvalue weighted by Gasteiger charge is 2.45. The topological polar surface area (TPSA) is 38.8 Å². The van der Waals surface area contributed by atoms with Crippen LogP contribution in [0.25, 0.3) is 0 Å². The minimum Gasteiger partial charge on any atom is -0.350 e. The smallest absolute Gasteiger partial charge is 0.222 e. The maximum atomic E-state index is 12.7. The Morgan fingerprint density at radius 1 is 1.12 bits per heavy atom. The van der Waals surface area contributed by atoms with E-state index in [1.54, 1.807) is 0 Å². The quantitative estimate of drug-likeness (QED) is 0.747. The second kappa shape index (κ2) is 7.67. The summed E-state index contributed by atoms with van der Waals surface area (Å²) in [7, 11) is 0. The highest BCUT2D eigenvalue weighted by atomic mass is 35.5. The number of likely N-dealkylation sites (tertiary alicyclic amines) is 1. The van der Waals surface area contributed by atoms with Crippen molar-refractivity contribution in [1.29, 1.82) is 0 Å². The van der Waals surface area contributed by atoms with Gasteiger partial charge in [-0.2, -0.15) is 0 Å². The number of benzene rings is 1. The van der Waals surface area contributed by atoms with E-state index >= 15 is 0 Å². The van der Waals surface area contributed by atoms with E-state index in [9.17, 15) is 4.79 Å². The molecule has 26 heavy (non-hydrogen) atoms. The van der Waals surface area contributed by atoms with E-state index in [4.69, 9.17) is 32.7 Å². The maximum Gasteiger partial charge on any atom is 0.222 e. The molecule has 3 fully saturated rings. The third-order valence-electron chi connectivity index (χ3n) is 6.16. The van der Waals surface area contributed by atoms with E-state index in [2.05, 4.69) is 4.90 Å². The Morgan fingerprint density at radius 3 is 2.54 bits per heavy atom. The van der Waals surface area contributed by atoms with Crippen LogP contribution in [0.4, 0.5) is 0 Å². The summed E-state index contributed by atoms with van der Waals surface area (Å²) < 4.78 is 11.5. The second-order valence-corrected chi connectivity index (χ2v) is 8.56. The van der Waals surface area contributed by atoms with Crippen molar-refractivity contribution in [2.75, 3.05) is 19.8 Å². The summed E-state index contributed by atoms with van der Waals surface area (Å²) in [5.74, 6) is 0.279. The molecule has 6 heteroatoms. The number of piperidine rings is 1. The monoisotopic (exact) mass is 397 g/mol. The zero-order chi connectivity index (χ0) is 18.1. The first-order valence-electron chi connectivity index (χ1n) is 9.56. The fourth-order valence-corrected chi connectivity index (χ4v) is 5.02. The van der Waals surface area contributed by atoms with Gasteiger partial charge >= 0.3 is 0 Å². The average Bonchev–Trinajstić information content (AvgIpc) is 3.33. The molecule has 4 nitrogen and oxygen atoms in total. The van der Waals surface area contributed by atoms with E-state index in [1.165, 1.54) is 12.8 Å². The molecule has 3 aliphatic rings. The third-order valence-corrected chi connectivity index (χ3v) is 6.90. The van der Waals surface area contributed by atoms with Crippen molar-refractivity contribution >= 4 is 29.1 Å². The number of hydrogen-bond acceptors (Lipinski definition) is 3. The lowest BCUT2D eigenvalue weighted by atomic mass is 9.71.